The molecular formula is C19H16N2O2S. The number of nitrogens with one attached hydrogen (secondary N) is 1. The fourth-order valence-electron chi connectivity index (χ4n) is 2.09. The minimum Gasteiger partial charge on any atom is -0.488 e. The summed E-state index contributed by atoms with van der Waals surface area (Å²) < 4.78 is 5.79. The van der Waals surface area contributed by atoms with Crippen LogP contribution in [0.25, 0.3) is 0 Å². The van der Waals surface area contributed by atoms with Crippen molar-refractivity contribution in [3.63, 3.8) is 0 Å². The Kier molecular flexibility index (Phi) is 5.37. The second-order valence-corrected chi connectivity index (χ2v) is 5.96. The number of para-hydroxylation sites is 1. The second kappa shape index (κ2) is 8.08. The molecule has 1 N–H and O–H groups in total. The number of hydrazone groups is 1. The van der Waals surface area contributed by atoms with Gasteiger partial charge in [-0.25, -0.2) is 5.43 Å². The Bertz CT molecular complexity index is 814. The fraction of sp³-hybridized carbons (Fsp3) is 0.0526. The Morgan fingerprint density at radius 3 is 2.62 bits per heavy atom. The molecule has 1 amide bonds. The van der Waals surface area contributed by atoms with E-state index in [9.17, 15) is 4.79 Å². The summed E-state index contributed by atoms with van der Waals surface area (Å²) in [5.74, 6) is 0.233. The lowest BCUT2D eigenvalue weighted by Gasteiger charge is -2.10. The molecule has 0 saturated heterocycles. The molecule has 0 unspecified atom stereocenters. The molecule has 0 aliphatic rings. The first-order chi connectivity index (χ1) is 11.8. The van der Waals surface area contributed by atoms with E-state index in [-0.39, 0.29) is 5.91 Å². The summed E-state index contributed by atoms with van der Waals surface area (Å²) in [5, 5.41) is 5.93. The van der Waals surface area contributed by atoms with Crippen LogP contribution >= 0.6 is 11.3 Å². The van der Waals surface area contributed by atoms with Gasteiger partial charge in [-0.2, -0.15) is 5.10 Å². The molecule has 0 saturated carbocycles. The first-order valence-electron chi connectivity index (χ1n) is 7.45. The Hall–Kier alpha value is -2.92. The van der Waals surface area contributed by atoms with E-state index in [1.165, 1.54) is 0 Å². The fourth-order valence-corrected chi connectivity index (χ4v) is 2.68. The molecular weight excluding hydrogens is 320 g/mol. The van der Waals surface area contributed by atoms with Crippen LogP contribution in [0, 0.1) is 0 Å². The van der Waals surface area contributed by atoms with Gasteiger partial charge in [0.15, 0.2) is 0 Å². The summed E-state index contributed by atoms with van der Waals surface area (Å²) in [7, 11) is 0. The molecule has 3 rings (SSSR count). The molecule has 0 radical (unpaired) electrons. The van der Waals surface area contributed by atoms with E-state index >= 15 is 0 Å². The predicted molar refractivity (Wildman–Crippen MR) is 96.6 cm³/mol. The lowest BCUT2D eigenvalue weighted by Crippen LogP contribution is -2.18. The molecule has 3 aromatic rings. The molecule has 0 aliphatic heterocycles. The predicted octanol–water partition coefficient (Wildman–Crippen LogP) is 4.09. The lowest BCUT2D eigenvalue weighted by molar-refractivity contribution is 0.0950. The highest BCUT2D eigenvalue weighted by molar-refractivity contribution is 7.11. The summed E-state index contributed by atoms with van der Waals surface area (Å²) in [6.07, 6.45) is 1.62. The normalized spacial score (nSPS) is 10.7. The van der Waals surface area contributed by atoms with Gasteiger partial charge in [-0.05, 0) is 29.1 Å². The molecule has 2 aromatic carbocycles. The maximum atomic E-state index is 12.3. The molecule has 24 heavy (non-hydrogen) atoms. The summed E-state index contributed by atoms with van der Waals surface area (Å²) >= 11 is 1.55. The van der Waals surface area contributed by atoms with E-state index in [1.54, 1.807) is 35.8 Å². The number of benzene rings is 2. The first kappa shape index (κ1) is 16.0. The van der Waals surface area contributed by atoms with E-state index in [4.69, 9.17) is 4.74 Å². The minimum atomic E-state index is -0.300. The van der Waals surface area contributed by atoms with E-state index in [2.05, 4.69) is 10.5 Å². The summed E-state index contributed by atoms with van der Waals surface area (Å²) in [5.41, 5.74) is 4.03. The van der Waals surface area contributed by atoms with Crippen molar-refractivity contribution >= 4 is 23.5 Å². The van der Waals surface area contributed by atoms with Crippen molar-refractivity contribution in [1.29, 1.82) is 0 Å². The van der Waals surface area contributed by atoms with Gasteiger partial charge < -0.3 is 4.74 Å². The van der Waals surface area contributed by atoms with Gasteiger partial charge >= 0.3 is 0 Å². The number of carbonyl (C=O) groups excluding carboxylic acids is 1. The van der Waals surface area contributed by atoms with Crippen LogP contribution in [0.4, 0.5) is 0 Å². The molecule has 1 heterocycles. The van der Waals surface area contributed by atoms with Gasteiger partial charge in [0.2, 0.25) is 0 Å². The van der Waals surface area contributed by atoms with Crippen molar-refractivity contribution < 1.29 is 9.53 Å². The van der Waals surface area contributed by atoms with Crippen molar-refractivity contribution in [3.8, 4) is 5.75 Å². The number of ether oxygens (including phenoxy) is 1. The number of rotatable bonds is 6. The van der Waals surface area contributed by atoms with Gasteiger partial charge in [0.05, 0.1) is 11.8 Å². The van der Waals surface area contributed by atoms with Crippen molar-refractivity contribution in [1.82, 2.24) is 5.43 Å². The van der Waals surface area contributed by atoms with Crippen molar-refractivity contribution in [2.75, 3.05) is 0 Å². The van der Waals surface area contributed by atoms with Crippen LogP contribution in [0.1, 0.15) is 20.8 Å². The minimum absolute atomic E-state index is 0.300. The Morgan fingerprint density at radius 2 is 1.83 bits per heavy atom. The molecule has 0 aliphatic carbocycles. The largest absolute Gasteiger partial charge is 0.488 e. The smallest absolute Gasteiger partial charge is 0.275 e. The monoisotopic (exact) mass is 336 g/mol. The topological polar surface area (TPSA) is 50.7 Å². The van der Waals surface area contributed by atoms with Gasteiger partial charge in [-0.15, -0.1) is 11.3 Å². The number of carbonyl (C=O) groups is 1. The van der Waals surface area contributed by atoms with Crippen LogP contribution in [0.15, 0.2) is 77.2 Å². The van der Waals surface area contributed by atoms with E-state index in [0.29, 0.717) is 17.9 Å². The third-order valence-corrected chi connectivity index (χ3v) is 4.08. The van der Waals surface area contributed by atoms with Crippen molar-refractivity contribution in [3.05, 3.63) is 88.1 Å². The number of thiophene rings is 1. The lowest BCUT2D eigenvalue weighted by atomic mass is 10.2. The molecule has 4 nitrogen and oxygen atoms in total. The Balaban J connectivity index is 1.65. The molecule has 0 fully saturated rings. The van der Waals surface area contributed by atoms with E-state index in [0.717, 1.165) is 10.4 Å². The second-order valence-electron chi connectivity index (χ2n) is 4.98. The van der Waals surface area contributed by atoms with Crippen molar-refractivity contribution in [2.45, 2.75) is 6.61 Å². The Morgan fingerprint density at radius 1 is 1.04 bits per heavy atom. The van der Waals surface area contributed by atoms with Gasteiger partial charge in [-0.1, -0.05) is 48.5 Å². The van der Waals surface area contributed by atoms with Crippen molar-refractivity contribution in [2.24, 2.45) is 5.10 Å². The average molecular weight is 336 g/mol. The highest BCUT2D eigenvalue weighted by Crippen LogP contribution is 2.19. The first-order valence-corrected chi connectivity index (χ1v) is 8.33. The average Bonchev–Trinajstić information content (AvgIpc) is 3.14. The molecule has 0 spiro atoms. The Labute approximate surface area is 144 Å². The number of hydrogen-bond acceptors (Lipinski definition) is 4. The quantitative estimate of drug-likeness (QED) is 0.544. The van der Waals surface area contributed by atoms with Crippen LogP contribution < -0.4 is 10.2 Å². The molecule has 120 valence electrons. The molecule has 0 atom stereocenters. The van der Waals surface area contributed by atoms with Gasteiger partial charge in [0.25, 0.3) is 5.91 Å². The van der Waals surface area contributed by atoms with Crippen LogP contribution in [-0.2, 0) is 6.61 Å². The third kappa shape index (κ3) is 4.30. The maximum absolute atomic E-state index is 12.3. The zero-order valence-electron chi connectivity index (χ0n) is 12.9. The molecule has 1 aromatic heterocycles. The summed E-state index contributed by atoms with van der Waals surface area (Å²) in [4.78, 5) is 13.3. The maximum Gasteiger partial charge on any atom is 0.275 e. The number of amides is 1. The summed E-state index contributed by atoms with van der Waals surface area (Å²) in [6, 6.07) is 20.8. The summed E-state index contributed by atoms with van der Waals surface area (Å²) in [6.45, 7) is 0.406. The number of hydrogen-bond donors (Lipinski definition) is 1. The van der Waals surface area contributed by atoms with Gasteiger partial charge in [0.1, 0.15) is 12.4 Å². The van der Waals surface area contributed by atoms with Crippen LogP contribution in [0.5, 0.6) is 5.75 Å². The molecule has 5 heteroatoms. The van der Waals surface area contributed by atoms with Crippen LogP contribution in [-0.4, -0.2) is 12.1 Å². The zero-order chi connectivity index (χ0) is 16.6. The van der Waals surface area contributed by atoms with Crippen LogP contribution in [0.2, 0.25) is 0 Å². The highest BCUT2D eigenvalue weighted by Gasteiger charge is 2.11. The number of nitrogens with zero attached hydrogens (tertiary/aromatic N) is 1. The molecule has 0 bridgehead atoms. The van der Waals surface area contributed by atoms with Crippen LogP contribution in [0.3, 0.4) is 0 Å². The third-order valence-electron chi connectivity index (χ3n) is 3.27. The zero-order valence-corrected chi connectivity index (χ0v) is 13.7. The van der Waals surface area contributed by atoms with Gasteiger partial charge in [0, 0.05) is 4.88 Å². The van der Waals surface area contributed by atoms with E-state index < -0.39 is 0 Å². The highest BCUT2D eigenvalue weighted by atomic mass is 32.1. The standard InChI is InChI=1S/C19H16N2O2S/c22-19(21-20-13-16-9-6-12-24-16)17-10-4-5-11-18(17)23-14-15-7-2-1-3-8-15/h1-13H,14H2,(H,21,22). The SMILES string of the molecule is O=C(NN=Cc1cccs1)c1ccccc1OCc1ccccc1. The van der Waals surface area contributed by atoms with E-state index in [1.807, 2.05) is 53.9 Å². The van der Waals surface area contributed by atoms with Gasteiger partial charge in [-0.3, -0.25) is 4.79 Å².